The average Bonchev–Trinajstić information content (AvgIpc) is 3.36. The number of hydrogen-bond acceptors (Lipinski definition) is 5. The fraction of sp³-hybridized carbons (Fsp3) is 0.389. The normalized spacial score (nSPS) is 21.0. The SMILES string of the molecule is CO[C@@H]1C[C@@H](c2ncc(-c3cccnc3)[nH]2)N(Cc2[nH]ncc2C)C1. The molecule has 25 heavy (non-hydrogen) atoms. The molecule has 0 aliphatic carbocycles. The first-order chi connectivity index (χ1) is 12.2. The molecule has 2 atom stereocenters. The molecule has 0 radical (unpaired) electrons. The van der Waals surface area contributed by atoms with Crippen molar-refractivity contribution in [2.24, 2.45) is 0 Å². The summed E-state index contributed by atoms with van der Waals surface area (Å²) in [5.41, 5.74) is 4.34. The summed E-state index contributed by atoms with van der Waals surface area (Å²) in [6.45, 7) is 3.76. The first-order valence-electron chi connectivity index (χ1n) is 8.45. The second-order valence-electron chi connectivity index (χ2n) is 6.49. The Labute approximate surface area is 146 Å². The lowest BCUT2D eigenvalue weighted by Crippen LogP contribution is -2.25. The molecule has 0 saturated carbocycles. The number of likely N-dealkylation sites (tertiary alicyclic amines) is 1. The predicted octanol–water partition coefficient (Wildman–Crippen LogP) is 2.47. The lowest BCUT2D eigenvalue weighted by atomic mass is 10.2. The van der Waals surface area contributed by atoms with E-state index in [1.807, 2.05) is 30.7 Å². The van der Waals surface area contributed by atoms with E-state index in [9.17, 15) is 0 Å². The Balaban J connectivity index is 1.58. The number of methoxy groups -OCH3 is 1. The van der Waals surface area contributed by atoms with E-state index in [2.05, 4.69) is 37.0 Å². The zero-order chi connectivity index (χ0) is 17.2. The molecule has 1 aliphatic rings. The van der Waals surface area contributed by atoms with Gasteiger partial charge in [-0.1, -0.05) is 0 Å². The van der Waals surface area contributed by atoms with E-state index in [1.165, 1.54) is 5.56 Å². The minimum atomic E-state index is 0.193. The molecule has 0 aromatic carbocycles. The van der Waals surface area contributed by atoms with Gasteiger partial charge in [-0.05, 0) is 31.0 Å². The van der Waals surface area contributed by atoms with Gasteiger partial charge in [-0.15, -0.1) is 0 Å². The van der Waals surface area contributed by atoms with Crippen LogP contribution < -0.4 is 0 Å². The topological polar surface area (TPSA) is 82.7 Å². The summed E-state index contributed by atoms with van der Waals surface area (Å²) >= 11 is 0. The Morgan fingerprint density at radius 1 is 1.32 bits per heavy atom. The predicted molar refractivity (Wildman–Crippen MR) is 93.7 cm³/mol. The minimum absolute atomic E-state index is 0.193. The molecule has 0 bridgehead atoms. The molecule has 0 spiro atoms. The third-order valence-corrected chi connectivity index (χ3v) is 4.88. The highest BCUT2D eigenvalue weighted by Gasteiger charge is 2.35. The molecule has 7 heteroatoms. The summed E-state index contributed by atoms with van der Waals surface area (Å²) in [7, 11) is 1.77. The van der Waals surface area contributed by atoms with Crippen LogP contribution in [0, 0.1) is 6.92 Å². The number of hydrogen-bond donors (Lipinski definition) is 2. The first kappa shape index (κ1) is 16.0. The standard InChI is InChI=1S/C18H22N6O/c1-12-7-21-23-16(12)11-24-10-14(25-2)6-17(24)18-20-9-15(22-18)13-4-3-5-19-8-13/h3-5,7-9,14,17H,6,10-11H2,1-2H3,(H,20,22)(H,21,23)/t14-,17+/m1/s1. The number of pyridine rings is 1. The largest absolute Gasteiger partial charge is 0.380 e. The number of aromatic amines is 2. The van der Waals surface area contributed by atoms with Gasteiger partial charge in [0.2, 0.25) is 0 Å². The van der Waals surface area contributed by atoms with E-state index >= 15 is 0 Å². The summed E-state index contributed by atoms with van der Waals surface area (Å²) in [6.07, 6.45) is 8.49. The van der Waals surface area contributed by atoms with Gasteiger partial charge in [0, 0.05) is 38.2 Å². The van der Waals surface area contributed by atoms with Gasteiger partial charge in [-0.3, -0.25) is 15.0 Å². The van der Waals surface area contributed by atoms with Crippen molar-refractivity contribution in [2.45, 2.75) is 32.0 Å². The van der Waals surface area contributed by atoms with Gasteiger partial charge >= 0.3 is 0 Å². The molecular formula is C18H22N6O. The summed E-state index contributed by atoms with van der Waals surface area (Å²) in [4.78, 5) is 14.7. The first-order valence-corrected chi connectivity index (χ1v) is 8.45. The third-order valence-electron chi connectivity index (χ3n) is 4.88. The maximum atomic E-state index is 5.61. The summed E-state index contributed by atoms with van der Waals surface area (Å²) < 4.78 is 5.61. The smallest absolute Gasteiger partial charge is 0.124 e. The van der Waals surface area contributed by atoms with E-state index in [0.717, 1.165) is 42.3 Å². The number of aromatic nitrogens is 5. The monoisotopic (exact) mass is 338 g/mol. The molecule has 4 rings (SSSR count). The number of rotatable bonds is 5. The maximum Gasteiger partial charge on any atom is 0.124 e. The second-order valence-corrected chi connectivity index (χ2v) is 6.49. The molecule has 1 fully saturated rings. The van der Waals surface area contributed by atoms with E-state index in [4.69, 9.17) is 4.74 Å². The van der Waals surface area contributed by atoms with Crippen molar-refractivity contribution in [1.29, 1.82) is 0 Å². The van der Waals surface area contributed by atoms with Crippen LogP contribution in [-0.2, 0) is 11.3 Å². The van der Waals surface area contributed by atoms with Crippen LogP contribution in [0.4, 0.5) is 0 Å². The van der Waals surface area contributed by atoms with Gasteiger partial charge in [0.1, 0.15) is 5.82 Å². The fourth-order valence-electron chi connectivity index (χ4n) is 3.40. The number of nitrogens with zero attached hydrogens (tertiary/aromatic N) is 4. The Morgan fingerprint density at radius 3 is 2.96 bits per heavy atom. The molecule has 1 aliphatic heterocycles. The lowest BCUT2D eigenvalue weighted by molar-refractivity contribution is 0.107. The molecule has 0 amide bonds. The quantitative estimate of drug-likeness (QED) is 0.747. The Hall–Kier alpha value is -2.51. The Kier molecular flexibility index (Phi) is 4.33. The van der Waals surface area contributed by atoms with E-state index in [1.54, 1.807) is 13.3 Å². The zero-order valence-corrected chi connectivity index (χ0v) is 14.4. The van der Waals surface area contributed by atoms with Crippen LogP contribution >= 0.6 is 0 Å². The van der Waals surface area contributed by atoms with Crippen molar-refractivity contribution in [1.82, 2.24) is 30.0 Å². The van der Waals surface area contributed by atoms with E-state index in [-0.39, 0.29) is 12.1 Å². The van der Waals surface area contributed by atoms with Crippen molar-refractivity contribution >= 4 is 0 Å². The summed E-state index contributed by atoms with van der Waals surface area (Å²) in [5.74, 6) is 0.968. The zero-order valence-electron chi connectivity index (χ0n) is 14.4. The van der Waals surface area contributed by atoms with Crippen molar-refractivity contribution in [2.75, 3.05) is 13.7 Å². The Morgan fingerprint density at radius 2 is 2.24 bits per heavy atom. The number of nitrogens with one attached hydrogen (secondary N) is 2. The molecule has 3 aromatic heterocycles. The number of H-pyrrole nitrogens is 2. The summed E-state index contributed by atoms with van der Waals surface area (Å²) in [6, 6.07) is 4.15. The fourth-order valence-corrected chi connectivity index (χ4v) is 3.40. The van der Waals surface area contributed by atoms with Gasteiger partial charge < -0.3 is 9.72 Å². The van der Waals surface area contributed by atoms with Crippen molar-refractivity contribution in [3.05, 3.63) is 54.0 Å². The van der Waals surface area contributed by atoms with E-state index < -0.39 is 0 Å². The number of imidazole rings is 1. The van der Waals surface area contributed by atoms with Gasteiger partial charge in [-0.25, -0.2) is 4.98 Å². The summed E-state index contributed by atoms with van der Waals surface area (Å²) in [5, 5.41) is 7.23. The van der Waals surface area contributed by atoms with Crippen molar-refractivity contribution in [3.63, 3.8) is 0 Å². The van der Waals surface area contributed by atoms with Crippen LogP contribution in [0.3, 0.4) is 0 Å². The molecule has 3 aromatic rings. The number of ether oxygens (including phenoxy) is 1. The van der Waals surface area contributed by atoms with Crippen LogP contribution in [0.1, 0.15) is 29.5 Å². The third kappa shape index (κ3) is 3.20. The van der Waals surface area contributed by atoms with Gasteiger partial charge in [0.05, 0.1) is 35.9 Å². The van der Waals surface area contributed by atoms with Crippen molar-refractivity contribution in [3.8, 4) is 11.3 Å². The molecular weight excluding hydrogens is 316 g/mol. The van der Waals surface area contributed by atoms with Crippen LogP contribution in [-0.4, -0.2) is 49.8 Å². The molecule has 1 saturated heterocycles. The Bertz CT molecular complexity index is 827. The van der Waals surface area contributed by atoms with Crippen LogP contribution in [0.15, 0.2) is 36.9 Å². The van der Waals surface area contributed by atoms with Crippen LogP contribution in [0.2, 0.25) is 0 Å². The second kappa shape index (κ2) is 6.78. The number of aryl methyl sites for hydroxylation is 1. The maximum absolute atomic E-state index is 5.61. The van der Waals surface area contributed by atoms with Crippen molar-refractivity contribution < 1.29 is 4.74 Å². The van der Waals surface area contributed by atoms with Crippen LogP contribution in [0.5, 0.6) is 0 Å². The lowest BCUT2D eigenvalue weighted by Gasteiger charge is -2.22. The molecule has 2 N–H and O–H groups in total. The minimum Gasteiger partial charge on any atom is -0.380 e. The van der Waals surface area contributed by atoms with Gasteiger partial charge in [0.25, 0.3) is 0 Å². The highest BCUT2D eigenvalue weighted by Crippen LogP contribution is 2.34. The van der Waals surface area contributed by atoms with Gasteiger partial charge in [0.15, 0.2) is 0 Å². The van der Waals surface area contributed by atoms with Gasteiger partial charge in [-0.2, -0.15) is 5.10 Å². The van der Waals surface area contributed by atoms with Crippen LogP contribution in [0.25, 0.3) is 11.3 Å². The average molecular weight is 338 g/mol. The molecule has 7 nitrogen and oxygen atoms in total. The highest BCUT2D eigenvalue weighted by atomic mass is 16.5. The molecule has 0 unspecified atom stereocenters. The molecule has 4 heterocycles. The highest BCUT2D eigenvalue weighted by molar-refractivity contribution is 5.56. The molecule has 130 valence electrons. The van der Waals surface area contributed by atoms with E-state index in [0.29, 0.717) is 0 Å².